The summed E-state index contributed by atoms with van der Waals surface area (Å²) in [6, 6.07) is 7.59. The second-order valence-electron chi connectivity index (χ2n) is 4.35. The van der Waals surface area contributed by atoms with Crippen LogP contribution >= 0.6 is 0 Å². The lowest BCUT2D eigenvalue weighted by Crippen LogP contribution is -2.34. The van der Waals surface area contributed by atoms with Crippen LogP contribution in [0.5, 0.6) is 5.75 Å². The van der Waals surface area contributed by atoms with Gasteiger partial charge in [0.25, 0.3) is 0 Å². The van der Waals surface area contributed by atoms with E-state index in [1.54, 1.807) is 13.8 Å². The summed E-state index contributed by atoms with van der Waals surface area (Å²) in [5.74, 6) is 0.662. The molecule has 0 aromatic heterocycles. The molecule has 0 bridgehead atoms. The fraction of sp³-hybridized carbons (Fsp3) is 0.533. The van der Waals surface area contributed by atoms with Crippen LogP contribution < -0.4 is 10.1 Å². The van der Waals surface area contributed by atoms with E-state index >= 15 is 0 Å². The zero-order chi connectivity index (χ0) is 14.1. The molecule has 0 amide bonds. The Kier molecular flexibility index (Phi) is 6.97. The number of rotatable bonds is 8. The van der Waals surface area contributed by atoms with Gasteiger partial charge in [0.15, 0.2) is 0 Å². The van der Waals surface area contributed by atoms with E-state index in [0.717, 1.165) is 24.3 Å². The van der Waals surface area contributed by atoms with E-state index in [1.165, 1.54) is 0 Å². The molecule has 4 nitrogen and oxygen atoms in total. The SMILES string of the molecule is CCCOc1ccc(CNC(C)C(=O)OCC)cc1. The Morgan fingerprint density at radius 1 is 1.26 bits per heavy atom. The van der Waals surface area contributed by atoms with E-state index in [1.807, 2.05) is 24.3 Å². The average molecular weight is 265 g/mol. The zero-order valence-electron chi connectivity index (χ0n) is 11.9. The first-order chi connectivity index (χ1) is 9.17. The van der Waals surface area contributed by atoms with Crippen LogP contribution in [0.3, 0.4) is 0 Å². The minimum absolute atomic E-state index is 0.217. The van der Waals surface area contributed by atoms with Crippen LogP contribution in [-0.2, 0) is 16.1 Å². The molecular weight excluding hydrogens is 242 g/mol. The standard InChI is InChI=1S/C15H23NO3/c1-4-10-19-14-8-6-13(7-9-14)11-16-12(3)15(17)18-5-2/h6-9,12,16H,4-5,10-11H2,1-3H3. The molecule has 0 heterocycles. The number of hydrogen-bond acceptors (Lipinski definition) is 4. The molecule has 106 valence electrons. The summed E-state index contributed by atoms with van der Waals surface area (Å²) in [5, 5.41) is 3.13. The summed E-state index contributed by atoms with van der Waals surface area (Å²) in [6.07, 6.45) is 1.00. The van der Waals surface area contributed by atoms with Crippen LogP contribution in [0.4, 0.5) is 0 Å². The van der Waals surface area contributed by atoms with Crippen molar-refractivity contribution in [2.45, 2.75) is 39.8 Å². The number of carbonyl (C=O) groups excluding carboxylic acids is 1. The van der Waals surface area contributed by atoms with E-state index in [-0.39, 0.29) is 12.0 Å². The van der Waals surface area contributed by atoms with Crippen LogP contribution in [0.1, 0.15) is 32.8 Å². The number of hydrogen-bond donors (Lipinski definition) is 1. The van der Waals surface area contributed by atoms with Gasteiger partial charge in [-0.3, -0.25) is 4.79 Å². The van der Waals surface area contributed by atoms with Crippen molar-refractivity contribution < 1.29 is 14.3 Å². The minimum Gasteiger partial charge on any atom is -0.494 e. The Morgan fingerprint density at radius 3 is 2.53 bits per heavy atom. The lowest BCUT2D eigenvalue weighted by Gasteiger charge is -2.12. The molecule has 1 N–H and O–H groups in total. The predicted molar refractivity (Wildman–Crippen MR) is 75.2 cm³/mol. The molecule has 0 saturated heterocycles. The number of esters is 1. The maximum atomic E-state index is 11.4. The van der Waals surface area contributed by atoms with Crippen molar-refractivity contribution in [2.75, 3.05) is 13.2 Å². The average Bonchev–Trinajstić information content (AvgIpc) is 2.43. The summed E-state index contributed by atoms with van der Waals surface area (Å²) in [4.78, 5) is 11.4. The minimum atomic E-state index is -0.295. The monoisotopic (exact) mass is 265 g/mol. The van der Waals surface area contributed by atoms with Crippen LogP contribution in [-0.4, -0.2) is 25.2 Å². The van der Waals surface area contributed by atoms with Crippen LogP contribution in [0.15, 0.2) is 24.3 Å². The quantitative estimate of drug-likeness (QED) is 0.734. The van der Waals surface area contributed by atoms with Gasteiger partial charge in [0.2, 0.25) is 0 Å². The Balaban J connectivity index is 2.39. The Morgan fingerprint density at radius 2 is 1.95 bits per heavy atom. The lowest BCUT2D eigenvalue weighted by molar-refractivity contribution is -0.145. The normalized spacial score (nSPS) is 11.9. The molecule has 0 fully saturated rings. The first-order valence-corrected chi connectivity index (χ1v) is 6.79. The molecule has 0 radical (unpaired) electrons. The van der Waals surface area contributed by atoms with Gasteiger partial charge in [-0.25, -0.2) is 0 Å². The Hall–Kier alpha value is -1.55. The number of ether oxygens (including phenoxy) is 2. The largest absolute Gasteiger partial charge is 0.494 e. The zero-order valence-corrected chi connectivity index (χ0v) is 11.9. The van der Waals surface area contributed by atoms with Gasteiger partial charge < -0.3 is 14.8 Å². The summed E-state index contributed by atoms with van der Waals surface area (Å²) < 4.78 is 10.4. The first kappa shape index (κ1) is 15.5. The van der Waals surface area contributed by atoms with Gasteiger partial charge in [-0.05, 0) is 38.0 Å². The maximum Gasteiger partial charge on any atom is 0.322 e. The van der Waals surface area contributed by atoms with Crippen molar-refractivity contribution >= 4 is 5.97 Å². The Bertz CT molecular complexity index is 375. The van der Waals surface area contributed by atoms with Gasteiger partial charge in [-0.15, -0.1) is 0 Å². The lowest BCUT2D eigenvalue weighted by atomic mass is 10.2. The summed E-state index contributed by atoms with van der Waals surface area (Å²) in [7, 11) is 0. The number of nitrogens with one attached hydrogen (secondary N) is 1. The van der Waals surface area contributed by atoms with E-state index in [0.29, 0.717) is 13.2 Å². The molecular formula is C15H23NO3. The van der Waals surface area contributed by atoms with Crippen molar-refractivity contribution in [1.29, 1.82) is 0 Å². The fourth-order valence-electron chi connectivity index (χ4n) is 1.54. The molecule has 1 aromatic carbocycles. The molecule has 0 spiro atoms. The molecule has 4 heteroatoms. The van der Waals surface area contributed by atoms with Gasteiger partial charge in [-0.1, -0.05) is 19.1 Å². The van der Waals surface area contributed by atoms with Gasteiger partial charge in [0.1, 0.15) is 11.8 Å². The summed E-state index contributed by atoms with van der Waals surface area (Å²) >= 11 is 0. The van der Waals surface area contributed by atoms with Gasteiger partial charge in [-0.2, -0.15) is 0 Å². The highest BCUT2D eigenvalue weighted by Gasteiger charge is 2.12. The molecule has 1 unspecified atom stereocenters. The van der Waals surface area contributed by atoms with Crippen molar-refractivity contribution in [1.82, 2.24) is 5.32 Å². The molecule has 1 rings (SSSR count). The molecule has 19 heavy (non-hydrogen) atoms. The maximum absolute atomic E-state index is 11.4. The molecule has 0 aliphatic heterocycles. The summed E-state index contributed by atoms with van der Waals surface area (Å²) in [5.41, 5.74) is 1.11. The van der Waals surface area contributed by atoms with E-state index in [2.05, 4.69) is 12.2 Å². The highest BCUT2D eigenvalue weighted by molar-refractivity contribution is 5.75. The molecule has 0 aliphatic rings. The number of carbonyl (C=O) groups is 1. The van der Waals surface area contributed by atoms with Crippen molar-refractivity contribution in [3.8, 4) is 5.75 Å². The Labute approximate surface area is 115 Å². The van der Waals surface area contributed by atoms with E-state index < -0.39 is 0 Å². The van der Waals surface area contributed by atoms with Crippen molar-refractivity contribution in [2.24, 2.45) is 0 Å². The van der Waals surface area contributed by atoms with Crippen molar-refractivity contribution in [3.63, 3.8) is 0 Å². The highest BCUT2D eigenvalue weighted by atomic mass is 16.5. The third-order valence-corrected chi connectivity index (χ3v) is 2.65. The third-order valence-electron chi connectivity index (χ3n) is 2.65. The predicted octanol–water partition coefficient (Wildman–Crippen LogP) is 2.52. The van der Waals surface area contributed by atoms with Gasteiger partial charge >= 0.3 is 5.97 Å². The second-order valence-corrected chi connectivity index (χ2v) is 4.35. The van der Waals surface area contributed by atoms with Crippen LogP contribution in [0, 0.1) is 0 Å². The number of benzene rings is 1. The highest BCUT2D eigenvalue weighted by Crippen LogP contribution is 2.12. The van der Waals surface area contributed by atoms with E-state index in [4.69, 9.17) is 9.47 Å². The fourth-order valence-corrected chi connectivity index (χ4v) is 1.54. The molecule has 0 saturated carbocycles. The van der Waals surface area contributed by atoms with Crippen LogP contribution in [0.2, 0.25) is 0 Å². The molecule has 1 atom stereocenters. The smallest absolute Gasteiger partial charge is 0.322 e. The van der Waals surface area contributed by atoms with Gasteiger partial charge in [0, 0.05) is 6.54 Å². The molecule has 0 aliphatic carbocycles. The van der Waals surface area contributed by atoms with Crippen molar-refractivity contribution in [3.05, 3.63) is 29.8 Å². The third kappa shape index (κ3) is 5.75. The first-order valence-electron chi connectivity index (χ1n) is 6.79. The summed E-state index contributed by atoms with van der Waals surface area (Å²) in [6.45, 7) is 7.46. The van der Waals surface area contributed by atoms with Gasteiger partial charge in [0.05, 0.1) is 13.2 Å². The van der Waals surface area contributed by atoms with Crippen LogP contribution in [0.25, 0.3) is 0 Å². The van der Waals surface area contributed by atoms with E-state index in [9.17, 15) is 4.79 Å². The topological polar surface area (TPSA) is 47.6 Å². The molecule has 1 aromatic rings. The second kappa shape index (κ2) is 8.53.